The Morgan fingerprint density at radius 1 is 1.50 bits per heavy atom. The number of rotatable bonds is 4. The van der Waals surface area contributed by atoms with E-state index >= 15 is 0 Å². The van der Waals surface area contributed by atoms with Gasteiger partial charge in [-0.1, -0.05) is 0 Å². The lowest BCUT2D eigenvalue weighted by Crippen LogP contribution is -2.07. The van der Waals surface area contributed by atoms with Crippen LogP contribution >= 0.6 is 0 Å². The highest BCUT2D eigenvalue weighted by Gasteiger charge is 2.06. The van der Waals surface area contributed by atoms with Gasteiger partial charge in [0.2, 0.25) is 0 Å². The molecule has 0 spiro atoms. The van der Waals surface area contributed by atoms with Gasteiger partial charge in [-0.25, -0.2) is 0 Å². The van der Waals surface area contributed by atoms with Gasteiger partial charge in [0, 0.05) is 24.0 Å². The summed E-state index contributed by atoms with van der Waals surface area (Å²) in [7, 11) is 1.88. The van der Waals surface area contributed by atoms with Crippen molar-refractivity contribution in [2.75, 3.05) is 11.1 Å². The summed E-state index contributed by atoms with van der Waals surface area (Å²) in [6.45, 7) is 2.04. The van der Waals surface area contributed by atoms with E-state index in [1.807, 2.05) is 17.7 Å². The van der Waals surface area contributed by atoms with Crippen molar-refractivity contribution in [2.24, 2.45) is 7.05 Å². The maximum absolute atomic E-state index is 11.4. The lowest BCUT2D eigenvalue weighted by atomic mass is 10.1. The fourth-order valence-electron chi connectivity index (χ4n) is 1.62. The molecule has 0 unspecified atom stereocenters. The van der Waals surface area contributed by atoms with Crippen molar-refractivity contribution in [1.29, 1.82) is 0 Å². The fraction of sp³-hybridized carbons (Fsp3) is 0.250. The largest absolute Gasteiger partial charge is 0.398 e. The quantitative estimate of drug-likeness (QED) is 0.624. The maximum Gasteiger partial charge on any atom is 0.161 e. The molecule has 2 rings (SSSR count). The van der Waals surface area contributed by atoms with Gasteiger partial charge in [0.25, 0.3) is 0 Å². The summed E-state index contributed by atoms with van der Waals surface area (Å²) in [6.07, 6.45) is 1.64. The van der Waals surface area contributed by atoms with Gasteiger partial charge in [0.1, 0.15) is 6.33 Å². The molecule has 0 fully saturated rings. The topological polar surface area (TPSA) is 85.8 Å². The van der Waals surface area contributed by atoms with Crippen molar-refractivity contribution in [3.8, 4) is 0 Å². The first-order valence-electron chi connectivity index (χ1n) is 5.55. The van der Waals surface area contributed by atoms with E-state index in [0.717, 1.165) is 11.5 Å². The number of ketones is 1. The Bertz CT molecular complexity index is 576. The Morgan fingerprint density at radius 2 is 2.28 bits per heavy atom. The molecule has 94 valence electrons. The van der Waals surface area contributed by atoms with Gasteiger partial charge in [-0.3, -0.25) is 4.79 Å². The molecule has 0 amide bonds. The molecule has 18 heavy (non-hydrogen) atoms. The second-order valence-electron chi connectivity index (χ2n) is 4.07. The number of Topliss-reactive ketones (excluding diaryl/α,β-unsaturated/α-hetero) is 1. The van der Waals surface area contributed by atoms with Crippen LogP contribution in [0, 0.1) is 0 Å². The average Bonchev–Trinajstić information content (AvgIpc) is 2.73. The molecule has 0 atom stereocenters. The highest BCUT2D eigenvalue weighted by molar-refractivity contribution is 5.99. The predicted molar refractivity (Wildman–Crippen MR) is 69.2 cm³/mol. The first kappa shape index (κ1) is 12.1. The van der Waals surface area contributed by atoms with Crippen LogP contribution in [0.4, 0.5) is 11.4 Å². The van der Waals surface area contributed by atoms with Crippen molar-refractivity contribution in [2.45, 2.75) is 13.5 Å². The maximum atomic E-state index is 11.4. The molecule has 0 radical (unpaired) electrons. The normalized spacial score (nSPS) is 10.3. The number of hydrogen-bond donors (Lipinski definition) is 2. The first-order valence-corrected chi connectivity index (χ1v) is 5.55. The second kappa shape index (κ2) is 4.87. The molecule has 0 saturated heterocycles. The van der Waals surface area contributed by atoms with Crippen molar-refractivity contribution in [1.82, 2.24) is 14.8 Å². The fourth-order valence-corrected chi connectivity index (χ4v) is 1.62. The van der Waals surface area contributed by atoms with Crippen LogP contribution in [0.3, 0.4) is 0 Å². The van der Waals surface area contributed by atoms with Crippen molar-refractivity contribution in [3.05, 3.63) is 35.9 Å². The van der Waals surface area contributed by atoms with E-state index in [1.54, 1.807) is 18.5 Å². The van der Waals surface area contributed by atoms with Crippen LogP contribution in [-0.4, -0.2) is 20.5 Å². The lowest BCUT2D eigenvalue weighted by Gasteiger charge is -2.08. The van der Waals surface area contributed by atoms with Crippen molar-refractivity contribution < 1.29 is 4.79 Å². The Balaban J connectivity index is 2.13. The molecular formula is C12H15N5O. The molecule has 0 saturated carbocycles. The Hall–Kier alpha value is -2.37. The van der Waals surface area contributed by atoms with Gasteiger partial charge in [-0.2, -0.15) is 0 Å². The van der Waals surface area contributed by atoms with Crippen LogP contribution in [0.2, 0.25) is 0 Å². The number of benzene rings is 1. The molecule has 6 nitrogen and oxygen atoms in total. The molecular weight excluding hydrogens is 230 g/mol. The molecule has 0 aliphatic heterocycles. The summed E-state index contributed by atoms with van der Waals surface area (Å²) < 4.78 is 1.83. The van der Waals surface area contributed by atoms with Crippen molar-refractivity contribution in [3.63, 3.8) is 0 Å². The third kappa shape index (κ3) is 2.48. The third-order valence-electron chi connectivity index (χ3n) is 2.69. The molecule has 1 aromatic carbocycles. The zero-order valence-electron chi connectivity index (χ0n) is 10.3. The number of nitrogens with zero attached hydrogens (tertiary/aromatic N) is 3. The number of nitrogens with two attached hydrogens (primary N) is 1. The van der Waals surface area contributed by atoms with Gasteiger partial charge >= 0.3 is 0 Å². The molecule has 0 bridgehead atoms. The first-order chi connectivity index (χ1) is 8.58. The zero-order chi connectivity index (χ0) is 13.1. The van der Waals surface area contributed by atoms with Gasteiger partial charge in [0.15, 0.2) is 11.6 Å². The van der Waals surface area contributed by atoms with E-state index < -0.39 is 0 Å². The summed E-state index contributed by atoms with van der Waals surface area (Å²) in [6, 6.07) is 5.29. The molecule has 1 aromatic heterocycles. The monoisotopic (exact) mass is 245 g/mol. The minimum atomic E-state index is -0.0465. The Labute approximate surface area is 105 Å². The number of carbonyl (C=O) groups excluding carboxylic acids is 1. The number of aryl methyl sites for hydroxylation is 1. The lowest BCUT2D eigenvalue weighted by molar-refractivity contribution is 0.101. The van der Waals surface area contributed by atoms with E-state index in [0.29, 0.717) is 17.8 Å². The minimum absolute atomic E-state index is 0.0465. The van der Waals surface area contributed by atoms with E-state index in [2.05, 4.69) is 15.5 Å². The standard InChI is InChI=1S/C12H15N5O/c1-8(18)10-5-9(3-4-11(10)13)14-6-12-16-15-7-17(12)2/h3-5,7,14H,6,13H2,1-2H3. The number of hydrogen-bond acceptors (Lipinski definition) is 5. The average molecular weight is 245 g/mol. The van der Waals surface area contributed by atoms with E-state index in [1.165, 1.54) is 6.92 Å². The van der Waals surface area contributed by atoms with Crippen LogP contribution in [0.5, 0.6) is 0 Å². The minimum Gasteiger partial charge on any atom is -0.398 e. The van der Waals surface area contributed by atoms with E-state index in [9.17, 15) is 4.79 Å². The molecule has 0 aliphatic rings. The second-order valence-corrected chi connectivity index (χ2v) is 4.07. The van der Waals surface area contributed by atoms with E-state index in [-0.39, 0.29) is 5.78 Å². The van der Waals surface area contributed by atoms with E-state index in [4.69, 9.17) is 5.73 Å². The number of anilines is 2. The SMILES string of the molecule is CC(=O)c1cc(NCc2nncn2C)ccc1N. The Morgan fingerprint density at radius 3 is 2.89 bits per heavy atom. The smallest absolute Gasteiger partial charge is 0.161 e. The van der Waals surface area contributed by atoms with Gasteiger partial charge in [0.05, 0.1) is 6.54 Å². The molecule has 0 aliphatic carbocycles. The number of nitrogen functional groups attached to an aromatic ring is 1. The van der Waals surface area contributed by atoms with Gasteiger partial charge < -0.3 is 15.6 Å². The van der Waals surface area contributed by atoms with Gasteiger partial charge in [-0.05, 0) is 25.1 Å². The third-order valence-corrected chi connectivity index (χ3v) is 2.69. The molecule has 3 N–H and O–H groups in total. The van der Waals surface area contributed by atoms with Crippen LogP contribution in [-0.2, 0) is 13.6 Å². The summed E-state index contributed by atoms with van der Waals surface area (Å²) in [5.74, 6) is 0.769. The highest BCUT2D eigenvalue weighted by Crippen LogP contribution is 2.18. The summed E-state index contributed by atoms with van der Waals surface area (Å²) in [4.78, 5) is 11.4. The van der Waals surface area contributed by atoms with Crippen LogP contribution in [0.15, 0.2) is 24.5 Å². The summed E-state index contributed by atoms with van der Waals surface area (Å²) in [5.41, 5.74) is 7.58. The summed E-state index contributed by atoms with van der Waals surface area (Å²) in [5, 5.41) is 10.9. The highest BCUT2D eigenvalue weighted by atomic mass is 16.1. The van der Waals surface area contributed by atoms with Gasteiger partial charge in [-0.15, -0.1) is 10.2 Å². The molecule has 6 heteroatoms. The summed E-state index contributed by atoms with van der Waals surface area (Å²) >= 11 is 0. The predicted octanol–water partition coefficient (Wildman–Crippen LogP) is 1.21. The molecule has 1 heterocycles. The Kier molecular flexibility index (Phi) is 3.27. The number of aromatic nitrogens is 3. The zero-order valence-corrected chi connectivity index (χ0v) is 10.3. The van der Waals surface area contributed by atoms with Crippen molar-refractivity contribution >= 4 is 17.2 Å². The van der Waals surface area contributed by atoms with Crippen LogP contribution in [0.25, 0.3) is 0 Å². The number of nitrogens with one attached hydrogen (secondary N) is 1. The number of carbonyl (C=O) groups is 1. The van der Waals surface area contributed by atoms with Crippen LogP contribution in [0.1, 0.15) is 23.1 Å². The van der Waals surface area contributed by atoms with Crippen LogP contribution < -0.4 is 11.1 Å². The molecule has 2 aromatic rings.